The minimum absolute atomic E-state index is 0.0381. The zero-order valence-electron chi connectivity index (χ0n) is 10.0. The summed E-state index contributed by atoms with van der Waals surface area (Å²) in [5.41, 5.74) is 1.23. The van der Waals surface area contributed by atoms with Crippen LogP contribution in [0.25, 0.3) is 0 Å². The van der Waals surface area contributed by atoms with Gasteiger partial charge >= 0.3 is 0 Å². The van der Waals surface area contributed by atoms with Crippen LogP contribution < -0.4 is 5.32 Å². The summed E-state index contributed by atoms with van der Waals surface area (Å²) in [5, 5.41) is 2.74. The highest BCUT2D eigenvalue weighted by Gasteiger charge is 2.07. The summed E-state index contributed by atoms with van der Waals surface area (Å²) >= 11 is 1.24. The number of rotatable bonds is 5. The summed E-state index contributed by atoms with van der Waals surface area (Å²) in [7, 11) is 0. The molecule has 0 heterocycles. The quantitative estimate of drug-likeness (QED) is 0.490. The monoisotopic (exact) mass is 247 g/mol. The van der Waals surface area contributed by atoms with Crippen LogP contribution in [-0.4, -0.2) is 11.8 Å². The first-order valence-corrected chi connectivity index (χ1v) is 6.56. The Kier molecular flexibility index (Phi) is 6.27. The Morgan fingerprint density at radius 2 is 2.24 bits per heavy atom. The molecule has 3 heteroatoms. The van der Waals surface area contributed by atoms with E-state index in [0.29, 0.717) is 13.0 Å². The molecule has 0 atom stereocenters. The fraction of sp³-hybridized carbons (Fsp3) is 0.357. The van der Waals surface area contributed by atoms with Crippen LogP contribution in [0.1, 0.15) is 25.3 Å². The number of thioether (sulfide) groups is 1. The van der Waals surface area contributed by atoms with E-state index in [1.54, 1.807) is 0 Å². The first-order chi connectivity index (χ1) is 8.27. The van der Waals surface area contributed by atoms with Crippen molar-refractivity contribution in [2.75, 3.05) is 6.54 Å². The van der Waals surface area contributed by atoms with Gasteiger partial charge in [0.15, 0.2) is 0 Å². The standard InChI is InChI=1S/C14H17NOS/c1-3-5-11-15-14(16)17-13-10-7-6-9-12(13)8-4-2/h1,6-7,9-10H,4-5,8,11H2,2H3,(H,15,16). The first kappa shape index (κ1) is 13.7. The van der Waals surface area contributed by atoms with Crippen LogP contribution >= 0.6 is 11.8 Å². The van der Waals surface area contributed by atoms with Gasteiger partial charge in [0, 0.05) is 17.9 Å². The summed E-state index contributed by atoms with van der Waals surface area (Å²) in [5.74, 6) is 2.49. The Hall–Kier alpha value is -1.40. The number of benzene rings is 1. The molecule has 0 spiro atoms. The van der Waals surface area contributed by atoms with Crippen molar-refractivity contribution in [1.29, 1.82) is 0 Å². The summed E-state index contributed by atoms with van der Waals surface area (Å²) < 4.78 is 0. The summed E-state index contributed by atoms with van der Waals surface area (Å²) in [4.78, 5) is 12.7. The Labute approximate surface area is 107 Å². The average molecular weight is 247 g/mol. The first-order valence-electron chi connectivity index (χ1n) is 5.75. The second kappa shape index (κ2) is 7.81. The fourth-order valence-electron chi connectivity index (χ4n) is 1.45. The van der Waals surface area contributed by atoms with E-state index in [-0.39, 0.29) is 5.24 Å². The topological polar surface area (TPSA) is 29.1 Å². The molecule has 0 radical (unpaired) electrons. The van der Waals surface area contributed by atoms with Crippen LogP contribution in [0, 0.1) is 12.3 Å². The van der Waals surface area contributed by atoms with Crippen LogP contribution in [0.2, 0.25) is 0 Å². The van der Waals surface area contributed by atoms with Gasteiger partial charge in [-0.2, -0.15) is 0 Å². The molecular weight excluding hydrogens is 230 g/mol. The number of carbonyl (C=O) groups is 1. The van der Waals surface area contributed by atoms with Gasteiger partial charge in [0.1, 0.15) is 0 Å². The molecule has 0 aliphatic rings. The third-order valence-electron chi connectivity index (χ3n) is 2.23. The van der Waals surface area contributed by atoms with E-state index in [1.807, 2.05) is 18.2 Å². The molecule has 0 aliphatic heterocycles. The molecule has 0 aromatic heterocycles. The predicted octanol–water partition coefficient (Wildman–Crippen LogP) is 3.46. The lowest BCUT2D eigenvalue weighted by atomic mass is 10.1. The lowest BCUT2D eigenvalue weighted by molar-refractivity contribution is 0.261. The fourth-order valence-corrected chi connectivity index (χ4v) is 2.27. The molecule has 0 aliphatic carbocycles. The molecule has 1 aromatic rings. The zero-order chi connectivity index (χ0) is 12.5. The highest BCUT2D eigenvalue weighted by atomic mass is 32.2. The van der Waals surface area contributed by atoms with Gasteiger partial charge in [-0.3, -0.25) is 4.79 Å². The molecule has 90 valence electrons. The van der Waals surface area contributed by atoms with Crippen LogP contribution in [0.5, 0.6) is 0 Å². The Bertz CT molecular complexity index is 409. The molecule has 0 saturated heterocycles. The SMILES string of the molecule is C#CCCNC(=O)Sc1ccccc1CCC. The predicted molar refractivity (Wildman–Crippen MR) is 73.1 cm³/mol. The van der Waals surface area contributed by atoms with Crippen molar-refractivity contribution < 1.29 is 4.79 Å². The maximum atomic E-state index is 11.6. The van der Waals surface area contributed by atoms with E-state index < -0.39 is 0 Å². The van der Waals surface area contributed by atoms with Gasteiger partial charge in [0.25, 0.3) is 5.24 Å². The minimum atomic E-state index is -0.0381. The van der Waals surface area contributed by atoms with Crippen molar-refractivity contribution >= 4 is 17.0 Å². The number of amides is 1. The van der Waals surface area contributed by atoms with Gasteiger partial charge in [-0.05, 0) is 29.8 Å². The Morgan fingerprint density at radius 3 is 2.94 bits per heavy atom. The van der Waals surface area contributed by atoms with E-state index in [0.717, 1.165) is 17.7 Å². The van der Waals surface area contributed by atoms with Crippen LogP contribution in [0.3, 0.4) is 0 Å². The number of aryl methyl sites for hydroxylation is 1. The van der Waals surface area contributed by atoms with Gasteiger partial charge in [0.2, 0.25) is 0 Å². The van der Waals surface area contributed by atoms with E-state index in [2.05, 4.69) is 24.2 Å². The molecule has 2 nitrogen and oxygen atoms in total. The highest BCUT2D eigenvalue weighted by molar-refractivity contribution is 8.13. The molecule has 1 N–H and O–H groups in total. The van der Waals surface area contributed by atoms with Crippen LogP contribution in [0.15, 0.2) is 29.2 Å². The lowest BCUT2D eigenvalue weighted by Gasteiger charge is -2.07. The maximum Gasteiger partial charge on any atom is 0.283 e. The van der Waals surface area contributed by atoms with Crippen molar-refractivity contribution in [2.45, 2.75) is 31.1 Å². The largest absolute Gasteiger partial charge is 0.346 e. The van der Waals surface area contributed by atoms with Gasteiger partial charge in [-0.1, -0.05) is 31.5 Å². The lowest BCUT2D eigenvalue weighted by Crippen LogP contribution is -2.19. The molecule has 0 saturated carbocycles. The molecule has 1 amide bonds. The normalized spacial score (nSPS) is 9.65. The van der Waals surface area contributed by atoms with Gasteiger partial charge in [0.05, 0.1) is 0 Å². The van der Waals surface area contributed by atoms with E-state index in [9.17, 15) is 4.79 Å². The zero-order valence-corrected chi connectivity index (χ0v) is 10.8. The molecule has 1 aromatic carbocycles. The molecular formula is C14H17NOS. The summed E-state index contributed by atoms with van der Waals surface area (Å²) in [6.45, 7) is 2.67. The van der Waals surface area contributed by atoms with E-state index in [4.69, 9.17) is 6.42 Å². The molecule has 1 rings (SSSR count). The van der Waals surface area contributed by atoms with Gasteiger partial charge in [-0.15, -0.1) is 12.3 Å². The minimum Gasteiger partial charge on any atom is -0.346 e. The summed E-state index contributed by atoms with van der Waals surface area (Å²) in [6, 6.07) is 8.01. The van der Waals surface area contributed by atoms with Crippen molar-refractivity contribution in [3.8, 4) is 12.3 Å². The van der Waals surface area contributed by atoms with Crippen LogP contribution in [0.4, 0.5) is 4.79 Å². The second-order valence-electron chi connectivity index (χ2n) is 3.63. The number of hydrogen-bond donors (Lipinski definition) is 1. The van der Waals surface area contributed by atoms with Gasteiger partial charge < -0.3 is 5.32 Å². The number of carbonyl (C=O) groups excluding carboxylic acids is 1. The third kappa shape index (κ3) is 4.97. The van der Waals surface area contributed by atoms with Crippen molar-refractivity contribution in [1.82, 2.24) is 5.32 Å². The van der Waals surface area contributed by atoms with Crippen LogP contribution in [-0.2, 0) is 6.42 Å². The van der Waals surface area contributed by atoms with Gasteiger partial charge in [-0.25, -0.2) is 0 Å². The van der Waals surface area contributed by atoms with E-state index >= 15 is 0 Å². The molecule has 0 unspecified atom stereocenters. The summed E-state index contributed by atoms with van der Waals surface area (Å²) in [6.07, 6.45) is 7.78. The molecule has 0 fully saturated rings. The second-order valence-corrected chi connectivity index (χ2v) is 4.64. The average Bonchev–Trinajstić information content (AvgIpc) is 2.32. The smallest absolute Gasteiger partial charge is 0.283 e. The highest BCUT2D eigenvalue weighted by Crippen LogP contribution is 2.24. The maximum absolute atomic E-state index is 11.6. The van der Waals surface area contributed by atoms with Crippen molar-refractivity contribution in [3.63, 3.8) is 0 Å². The van der Waals surface area contributed by atoms with Crippen molar-refractivity contribution in [2.24, 2.45) is 0 Å². The van der Waals surface area contributed by atoms with Crippen molar-refractivity contribution in [3.05, 3.63) is 29.8 Å². The molecule has 17 heavy (non-hydrogen) atoms. The Morgan fingerprint density at radius 1 is 1.47 bits per heavy atom. The molecule has 0 bridgehead atoms. The van der Waals surface area contributed by atoms with E-state index in [1.165, 1.54) is 17.3 Å². The Balaban J connectivity index is 2.55. The number of nitrogens with one attached hydrogen (secondary N) is 1. The number of terminal acetylenes is 1. The third-order valence-corrected chi connectivity index (χ3v) is 3.18. The number of hydrogen-bond acceptors (Lipinski definition) is 2.